The summed E-state index contributed by atoms with van der Waals surface area (Å²) in [5, 5.41) is 16.1. The van der Waals surface area contributed by atoms with Crippen LogP contribution in [0.15, 0.2) is 27.9 Å². The van der Waals surface area contributed by atoms with E-state index in [9.17, 15) is 4.79 Å². The number of carbonyl (C=O) groups excluding carboxylic acids is 1. The second kappa shape index (κ2) is 8.29. The van der Waals surface area contributed by atoms with Crippen molar-refractivity contribution in [3.05, 3.63) is 29.6 Å². The van der Waals surface area contributed by atoms with E-state index >= 15 is 0 Å². The van der Waals surface area contributed by atoms with Crippen LogP contribution in [0.5, 0.6) is 0 Å². The van der Waals surface area contributed by atoms with Crippen LogP contribution in [0.25, 0.3) is 0 Å². The van der Waals surface area contributed by atoms with E-state index in [1.54, 1.807) is 16.9 Å². The third-order valence-electron chi connectivity index (χ3n) is 2.98. The van der Waals surface area contributed by atoms with Gasteiger partial charge in [0.25, 0.3) is 6.20 Å². The van der Waals surface area contributed by atoms with E-state index < -0.39 is 0 Å². The first-order valence-electron chi connectivity index (χ1n) is 7.35. The zero-order valence-electron chi connectivity index (χ0n) is 13.1. The summed E-state index contributed by atoms with van der Waals surface area (Å²) in [7, 11) is 0. The molecule has 2 heterocycles. The first-order valence-corrected chi connectivity index (χ1v) is 8.34. The van der Waals surface area contributed by atoms with E-state index in [1.807, 2.05) is 13.0 Å². The number of aromatic nitrogens is 3. The number of amides is 1. The SMILES string of the molecule is CCCc1ccc(C#N)c(SCC(=O)Nc2c[n+](CC)no2)n1. The first kappa shape index (κ1) is 17.0. The lowest BCUT2D eigenvalue weighted by molar-refractivity contribution is -0.759. The second-order valence-corrected chi connectivity index (χ2v) is 5.74. The Kier molecular flexibility index (Phi) is 6.11. The fourth-order valence-electron chi connectivity index (χ4n) is 1.86. The largest absolute Gasteiger partial charge is 0.302 e. The summed E-state index contributed by atoms with van der Waals surface area (Å²) in [4.78, 5) is 16.4. The number of nitrogens with zero attached hydrogens (tertiary/aromatic N) is 4. The Balaban J connectivity index is 1.97. The predicted molar refractivity (Wildman–Crippen MR) is 84.7 cm³/mol. The van der Waals surface area contributed by atoms with Gasteiger partial charge in [-0.2, -0.15) is 5.26 Å². The Morgan fingerprint density at radius 3 is 2.96 bits per heavy atom. The van der Waals surface area contributed by atoms with Gasteiger partial charge in [0.05, 0.1) is 11.3 Å². The number of pyridine rings is 1. The van der Waals surface area contributed by atoms with Gasteiger partial charge in [-0.3, -0.25) is 14.6 Å². The molecule has 7 nitrogen and oxygen atoms in total. The van der Waals surface area contributed by atoms with Gasteiger partial charge in [-0.25, -0.2) is 4.98 Å². The molecule has 0 saturated heterocycles. The van der Waals surface area contributed by atoms with E-state index in [2.05, 4.69) is 28.6 Å². The third kappa shape index (κ3) is 4.79. The van der Waals surface area contributed by atoms with Gasteiger partial charge in [-0.1, -0.05) is 29.8 Å². The number of carbonyl (C=O) groups is 1. The number of nitriles is 1. The summed E-state index contributed by atoms with van der Waals surface area (Å²) in [6.07, 6.45) is 3.44. The summed E-state index contributed by atoms with van der Waals surface area (Å²) < 4.78 is 6.55. The maximum Gasteiger partial charge on any atom is 0.302 e. The van der Waals surface area contributed by atoms with Crippen LogP contribution in [0.4, 0.5) is 5.88 Å². The van der Waals surface area contributed by atoms with Crippen molar-refractivity contribution in [1.29, 1.82) is 5.26 Å². The molecule has 0 spiro atoms. The molecule has 2 rings (SSSR count). The first-order chi connectivity index (χ1) is 11.2. The van der Waals surface area contributed by atoms with Crippen LogP contribution in [0.1, 0.15) is 31.5 Å². The molecule has 2 aromatic rings. The highest BCUT2D eigenvalue weighted by Gasteiger charge is 2.14. The van der Waals surface area contributed by atoms with Crippen LogP contribution in [0.2, 0.25) is 0 Å². The lowest BCUT2D eigenvalue weighted by atomic mass is 10.2. The van der Waals surface area contributed by atoms with Crippen molar-refractivity contribution in [3.8, 4) is 6.07 Å². The number of thioether (sulfide) groups is 1. The Bertz CT molecular complexity index is 723. The molecule has 0 saturated carbocycles. The maximum absolute atomic E-state index is 12.0. The molecule has 8 heteroatoms. The lowest BCUT2D eigenvalue weighted by Crippen LogP contribution is -2.32. The molecule has 1 N–H and O–H groups in total. The van der Waals surface area contributed by atoms with Gasteiger partial charge in [0.2, 0.25) is 11.2 Å². The van der Waals surface area contributed by atoms with E-state index in [-0.39, 0.29) is 11.7 Å². The topological polar surface area (TPSA) is 95.7 Å². The summed E-state index contributed by atoms with van der Waals surface area (Å²) in [6, 6.07) is 5.70. The highest BCUT2D eigenvalue weighted by atomic mass is 32.2. The van der Waals surface area contributed by atoms with Crippen molar-refractivity contribution in [2.24, 2.45) is 0 Å². The molecule has 0 aromatic carbocycles. The molecule has 0 bridgehead atoms. The zero-order valence-corrected chi connectivity index (χ0v) is 13.9. The Morgan fingerprint density at radius 1 is 1.48 bits per heavy atom. The van der Waals surface area contributed by atoms with Crippen LogP contribution in [-0.4, -0.2) is 21.9 Å². The summed E-state index contributed by atoms with van der Waals surface area (Å²) >= 11 is 1.24. The molecule has 0 aliphatic carbocycles. The monoisotopic (exact) mass is 332 g/mol. The highest BCUT2D eigenvalue weighted by molar-refractivity contribution is 8.00. The van der Waals surface area contributed by atoms with Crippen molar-refractivity contribution in [3.63, 3.8) is 0 Å². The average molecular weight is 332 g/mol. The van der Waals surface area contributed by atoms with Gasteiger partial charge >= 0.3 is 5.88 Å². The lowest BCUT2D eigenvalue weighted by Gasteiger charge is -2.05. The average Bonchev–Trinajstić information content (AvgIpc) is 3.01. The normalized spacial score (nSPS) is 10.3. The number of hydrogen-bond acceptors (Lipinski definition) is 6. The molecule has 0 unspecified atom stereocenters. The Labute approximate surface area is 138 Å². The molecule has 2 aromatic heterocycles. The second-order valence-electron chi connectivity index (χ2n) is 4.78. The van der Waals surface area contributed by atoms with Crippen LogP contribution in [0.3, 0.4) is 0 Å². The minimum absolute atomic E-state index is 0.143. The number of nitrogens with one attached hydrogen (secondary N) is 1. The fraction of sp³-hybridized carbons (Fsp3) is 0.400. The molecule has 0 fully saturated rings. The predicted octanol–water partition coefficient (Wildman–Crippen LogP) is 1.93. The van der Waals surface area contributed by atoms with Crippen LogP contribution < -0.4 is 10.00 Å². The Morgan fingerprint density at radius 2 is 2.30 bits per heavy atom. The smallest absolute Gasteiger partial charge is 0.288 e. The number of anilines is 1. The third-order valence-corrected chi connectivity index (χ3v) is 3.97. The minimum atomic E-state index is -0.235. The molecule has 120 valence electrons. The maximum atomic E-state index is 12.0. The van der Waals surface area contributed by atoms with Gasteiger partial charge in [0, 0.05) is 5.69 Å². The molecule has 0 aliphatic rings. The van der Waals surface area contributed by atoms with Gasteiger partial charge in [-0.15, -0.1) is 0 Å². The highest BCUT2D eigenvalue weighted by Crippen LogP contribution is 2.21. The van der Waals surface area contributed by atoms with Gasteiger partial charge in [0.15, 0.2) is 6.54 Å². The quantitative estimate of drug-likeness (QED) is 0.615. The minimum Gasteiger partial charge on any atom is -0.288 e. The van der Waals surface area contributed by atoms with Crippen molar-refractivity contribution < 1.29 is 14.0 Å². The number of aryl methyl sites for hydroxylation is 2. The van der Waals surface area contributed by atoms with Crippen LogP contribution in [-0.2, 0) is 17.8 Å². The molecule has 0 radical (unpaired) electrons. The fourth-order valence-corrected chi connectivity index (χ4v) is 2.65. The Hall–Kier alpha value is -2.40. The number of hydrogen-bond donors (Lipinski definition) is 1. The molecule has 23 heavy (non-hydrogen) atoms. The van der Waals surface area contributed by atoms with Gasteiger partial charge < -0.3 is 0 Å². The zero-order chi connectivity index (χ0) is 16.7. The molecule has 0 aliphatic heterocycles. The van der Waals surface area contributed by atoms with Crippen molar-refractivity contribution in [1.82, 2.24) is 10.3 Å². The molecular weight excluding hydrogens is 314 g/mol. The summed E-state index contributed by atoms with van der Waals surface area (Å²) in [6.45, 7) is 4.65. The van der Waals surface area contributed by atoms with E-state index in [0.717, 1.165) is 18.5 Å². The van der Waals surface area contributed by atoms with Crippen LogP contribution >= 0.6 is 11.8 Å². The van der Waals surface area contributed by atoms with Crippen molar-refractivity contribution >= 4 is 23.6 Å². The van der Waals surface area contributed by atoms with E-state index in [4.69, 9.17) is 9.78 Å². The summed E-state index contributed by atoms with van der Waals surface area (Å²) in [5.41, 5.74) is 1.40. The summed E-state index contributed by atoms with van der Waals surface area (Å²) in [5.74, 6) is 0.205. The van der Waals surface area contributed by atoms with Crippen molar-refractivity contribution in [2.45, 2.75) is 38.3 Å². The van der Waals surface area contributed by atoms with E-state index in [1.165, 1.54) is 11.8 Å². The molecular formula is C15H18N5O2S+. The molecule has 0 atom stereocenters. The van der Waals surface area contributed by atoms with E-state index in [0.29, 0.717) is 23.0 Å². The standard InChI is InChI=1S/C15H17N5O2S/c1-3-5-12-7-6-11(8-16)15(17-12)23-10-13(21)18-14-9-20(4-2)19-22-14/h6-7,9H,3-5,10H2,1-2H3/p+1. The van der Waals surface area contributed by atoms with Gasteiger partial charge in [0.1, 0.15) is 11.1 Å². The number of rotatable bonds is 7. The van der Waals surface area contributed by atoms with Gasteiger partial charge in [-0.05, 0) is 25.5 Å². The van der Waals surface area contributed by atoms with Crippen molar-refractivity contribution in [2.75, 3.05) is 11.1 Å². The van der Waals surface area contributed by atoms with Crippen LogP contribution in [0, 0.1) is 11.3 Å². The molecule has 1 amide bonds.